The smallest absolute Gasteiger partial charge is 0.186 e. The molecule has 0 saturated carbocycles. The first-order valence-electron chi connectivity index (χ1n) is 4.27. The van der Waals surface area contributed by atoms with Gasteiger partial charge in [-0.15, -0.1) is 0 Å². The van der Waals surface area contributed by atoms with Crippen LogP contribution in [0.3, 0.4) is 0 Å². The molecule has 0 aromatic carbocycles. The summed E-state index contributed by atoms with van der Waals surface area (Å²) in [5, 5.41) is 27.9. The number of aliphatic hydroxyl groups is 3. The fourth-order valence-corrected chi connectivity index (χ4v) is 1.47. The molecule has 0 bridgehead atoms. The van der Waals surface area contributed by atoms with E-state index in [1.807, 2.05) is 0 Å². The van der Waals surface area contributed by atoms with Crippen LogP contribution in [0, 0.1) is 5.92 Å². The zero-order chi connectivity index (χ0) is 10.0. The molecule has 13 heavy (non-hydrogen) atoms. The van der Waals surface area contributed by atoms with Crippen LogP contribution in [0.2, 0.25) is 0 Å². The summed E-state index contributed by atoms with van der Waals surface area (Å²) < 4.78 is 10.0. The molecule has 1 saturated heterocycles. The minimum atomic E-state index is -1.05. The third-order valence-corrected chi connectivity index (χ3v) is 2.48. The summed E-state index contributed by atoms with van der Waals surface area (Å²) in [5.41, 5.74) is 0. The molecule has 5 heteroatoms. The van der Waals surface area contributed by atoms with Gasteiger partial charge in [0.1, 0.15) is 6.10 Å². The molecule has 1 aliphatic heterocycles. The maximum atomic E-state index is 9.53. The first kappa shape index (κ1) is 10.9. The molecule has 0 aromatic heterocycles. The zero-order valence-electron chi connectivity index (χ0n) is 7.75. The molecular formula is C8H16O5. The second-order valence-electron chi connectivity index (χ2n) is 3.30. The molecule has 0 amide bonds. The minimum absolute atomic E-state index is 0.190. The minimum Gasteiger partial charge on any atom is -0.394 e. The van der Waals surface area contributed by atoms with Crippen LogP contribution in [0.15, 0.2) is 0 Å². The topological polar surface area (TPSA) is 79.2 Å². The van der Waals surface area contributed by atoms with Crippen molar-refractivity contribution < 1.29 is 24.8 Å². The van der Waals surface area contributed by atoms with Crippen LogP contribution in [0.4, 0.5) is 0 Å². The standard InChI is InChI=1S/C8H16O5/c1-4-5(3-9)13-8(12-2)7(11)6(4)10/h4-11H,3H2,1-2H3/t4-,5?,6+,7?,8+/m0/s1. The summed E-state index contributed by atoms with van der Waals surface area (Å²) in [4.78, 5) is 0. The first-order valence-corrected chi connectivity index (χ1v) is 4.27. The van der Waals surface area contributed by atoms with Gasteiger partial charge in [-0.3, -0.25) is 0 Å². The normalized spacial score (nSPS) is 46.4. The number of aliphatic hydroxyl groups excluding tert-OH is 3. The van der Waals surface area contributed by atoms with Gasteiger partial charge in [0.2, 0.25) is 0 Å². The maximum Gasteiger partial charge on any atom is 0.186 e. The molecule has 2 unspecified atom stereocenters. The van der Waals surface area contributed by atoms with E-state index in [2.05, 4.69) is 0 Å². The van der Waals surface area contributed by atoms with Gasteiger partial charge in [-0.05, 0) is 0 Å². The van der Waals surface area contributed by atoms with Crippen molar-refractivity contribution in [2.75, 3.05) is 13.7 Å². The van der Waals surface area contributed by atoms with Crippen molar-refractivity contribution >= 4 is 0 Å². The van der Waals surface area contributed by atoms with Gasteiger partial charge in [-0.1, -0.05) is 6.92 Å². The van der Waals surface area contributed by atoms with Crippen molar-refractivity contribution in [1.29, 1.82) is 0 Å². The fourth-order valence-electron chi connectivity index (χ4n) is 1.47. The molecule has 78 valence electrons. The van der Waals surface area contributed by atoms with E-state index in [1.54, 1.807) is 6.92 Å². The van der Waals surface area contributed by atoms with Crippen LogP contribution in [-0.2, 0) is 9.47 Å². The number of rotatable bonds is 2. The molecule has 0 radical (unpaired) electrons. The second kappa shape index (κ2) is 4.34. The Hall–Kier alpha value is -0.200. The first-order chi connectivity index (χ1) is 6.11. The Morgan fingerprint density at radius 3 is 2.38 bits per heavy atom. The van der Waals surface area contributed by atoms with Crippen molar-refractivity contribution in [1.82, 2.24) is 0 Å². The Balaban J connectivity index is 2.66. The van der Waals surface area contributed by atoms with Crippen LogP contribution < -0.4 is 0 Å². The van der Waals surface area contributed by atoms with Crippen molar-refractivity contribution in [3.05, 3.63) is 0 Å². The van der Waals surface area contributed by atoms with E-state index in [-0.39, 0.29) is 12.5 Å². The summed E-state index contributed by atoms with van der Waals surface area (Å²) in [7, 11) is 1.38. The SMILES string of the molecule is CO[C@@H]1OC(CO)[C@H](C)[C@@H](O)C1O. The third kappa shape index (κ3) is 2.00. The fraction of sp³-hybridized carbons (Fsp3) is 1.00. The lowest BCUT2D eigenvalue weighted by Gasteiger charge is -2.40. The number of hydrogen-bond donors (Lipinski definition) is 3. The Morgan fingerprint density at radius 1 is 1.31 bits per heavy atom. The molecular weight excluding hydrogens is 176 g/mol. The van der Waals surface area contributed by atoms with Crippen LogP contribution in [-0.4, -0.2) is 53.6 Å². The molecule has 0 aliphatic carbocycles. The average Bonchev–Trinajstić information content (AvgIpc) is 2.15. The molecule has 1 heterocycles. The van der Waals surface area contributed by atoms with Crippen molar-refractivity contribution in [2.24, 2.45) is 5.92 Å². The van der Waals surface area contributed by atoms with Crippen LogP contribution >= 0.6 is 0 Å². The number of hydrogen-bond acceptors (Lipinski definition) is 5. The lowest BCUT2D eigenvalue weighted by molar-refractivity contribution is -0.280. The quantitative estimate of drug-likeness (QED) is 0.507. The zero-order valence-corrected chi connectivity index (χ0v) is 7.75. The second-order valence-corrected chi connectivity index (χ2v) is 3.30. The van der Waals surface area contributed by atoms with E-state index in [9.17, 15) is 10.2 Å². The van der Waals surface area contributed by atoms with E-state index >= 15 is 0 Å². The third-order valence-electron chi connectivity index (χ3n) is 2.48. The Morgan fingerprint density at radius 2 is 1.92 bits per heavy atom. The lowest BCUT2D eigenvalue weighted by Crippen LogP contribution is -2.55. The van der Waals surface area contributed by atoms with Gasteiger partial charge in [0.25, 0.3) is 0 Å². The van der Waals surface area contributed by atoms with E-state index < -0.39 is 24.6 Å². The van der Waals surface area contributed by atoms with E-state index in [0.717, 1.165) is 0 Å². The van der Waals surface area contributed by atoms with Crippen LogP contribution in [0.25, 0.3) is 0 Å². The van der Waals surface area contributed by atoms with Crippen molar-refractivity contribution in [3.63, 3.8) is 0 Å². The van der Waals surface area contributed by atoms with Crippen LogP contribution in [0.5, 0.6) is 0 Å². The Labute approximate surface area is 76.9 Å². The van der Waals surface area contributed by atoms with Gasteiger partial charge in [-0.2, -0.15) is 0 Å². The largest absolute Gasteiger partial charge is 0.394 e. The van der Waals surface area contributed by atoms with Gasteiger partial charge in [-0.25, -0.2) is 0 Å². The molecule has 1 rings (SSSR count). The molecule has 1 fully saturated rings. The Bertz CT molecular complexity index is 143. The molecule has 3 N–H and O–H groups in total. The number of ether oxygens (including phenoxy) is 2. The average molecular weight is 192 g/mol. The molecule has 5 nitrogen and oxygen atoms in total. The Kier molecular flexibility index (Phi) is 3.63. The van der Waals surface area contributed by atoms with Crippen molar-refractivity contribution in [2.45, 2.75) is 31.5 Å². The van der Waals surface area contributed by atoms with Gasteiger partial charge in [0.15, 0.2) is 6.29 Å². The van der Waals surface area contributed by atoms with E-state index in [1.165, 1.54) is 7.11 Å². The predicted octanol–water partition coefficient (Wildman–Crippen LogP) is -1.29. The predicted molar refractivity (Wildman–Crippen MR) is 43.9 cm³/mol. The van der Waals surface area contributed by atoms with Crippen LogP contribution in [0.1, 0.15) is 6.92 Å². The summed E-state index contributed by atoms with van der Waals surface area (Å²) in [5.74, 6) is -0.300. The van der Waals surface area contributed by atoms with Gasteiger partial charge in [0, 0.05) is 13.0 Å². The molecule has 5 atom stereocenters. The van der Waals surface area contributed by atoms with E-state index in [4.69, 9.17) is 14.6 Å². The highest BCUT2D eigenvalue weighted by atomic mass is 16.7. The lowest BCUT2D eigenvalue weighted by atomic mass is 9.91. The monoisotopic (exact) mass is 192 g/mol. The highest BCUT2D eigenvalue weighted by Crippen LogP contribution is 2.25. The van der Waals surface area contributed by atoms with Crippen molar-refractivity contribution in [3.8, 4) is 0 Å². The summed E-state index contributed by atoms with van der Waals surface area (Å²) in [6, 6.07) is 0. The van der Waals surface area contributed by atoms with Gasteiger partial charge < -0.3 is 24.8 Å². The highest BCUT2D eigenvalue weighted by molar-refractivity contribution is 4.86. The van der Waals surface area contributed by atoms with Gasteiger partial charge in [0.05, 0.1) is 18.8 Å². The summed E-state index contributed by atoms with van der Waals surface area (Å²) in [6.07, 6.45) is -3.31. The highest BCUT2D eigenvalue weighted by Gasteiger charge is 2.41. The molecule has 0 aromatic rings. The van der Waals surface area contributed by atoms with E-state index in [0.29, 0.717) is 0 Å². The van der Waals surface area contributed by atoms with Gasteiger partial charge >= 0.3 is 0 Å². The summed E-state index contributed by atoms with van der Waals surface area (Å²) in [6.45, 7) is 1.52. The maximum absolute atomic E-state index is 9.53. The number of methoxy groups -OCH3 is 1. The summed E-state index contributed by atoms with van der Waals surface area (Å²) >= 11 is 0. The molecule has 0 spiro atoms. The molecule has 1 aliphatic rings.